The van der Waals surface area contributed by atoms with E-state index in [2.05, 4.69) is 16.4 Å². The summed E-state index contributed by atoms with van der Waals surface area (Å²) >= 11 is 19.3. The monoisotopic (exact) mass is 461 g/mol. The minimum atomic E-state index is -0.200. The highest BCUT2D eigenvalue weighted by Crippen LogP contribution is 2.30. The number of aromatic nitrogens is 1. The Hall–Kier alpha value is -2.23. The van der Waals surface area contributed by atoms with E-state index in [4.69, 9.17) is 34.8 Å². The van der Waals surface area contributed by atoms with E-state index in [0.29, 0.717) is 37.1 Å². The summed E-state index contributed by atoms with van der Waals surface area (Å²) in [6, 6.07) is 18.0. The van der Waals surface area contributed by atoms with Crippen molar-refractivity contribution in [1.82, 2.24) is 4.98 Å². The van der Waals surface area contributed by atoms with E-state index in [1.54, 1.807) is 42.5 Å². The predicted octanol–water partition coefficient (Wildman–Crippen LogP) is 6.70. The molecule has 0 radical (unpaired) electrons. The number of nitrogens with one attached hydrogen (secondary N) is 1. The van der Waals surface area contributed by atoms with Crippen LogP contribution in [0, 0.1) is 11.3 Å². The first-order valence-electron chi connectivity index (χ1n) is 8.51. The van der Waals surface area contributed by atoms with Gasteiger partial charge < -0.3 is 5.32 Å². The molecule has 1 N–H and O–H groups in total. The fraction of sp³-hybridized carbons (Fsp3) is 0.0952. The second-order valence-electron chi connectivity index (χ2n) is 5.92. The molecule has 0 bridgehead atoms. The number of nitriles is 1. The smallest absolute Gasteiger partial charge is 0.225 e. The third-order valence-corrected chi connectivity index (χ3v) is 5.98. The van der Waals surface area contributed by atoms with Crippen LogP contribution in [0.5, 0.6) is 0 Å². The molecule has 8 heteroatoms. The zero-order chi connectivity index (χ0) is 20.8. The largest absolute Gasteiger partial charge is 0.325 e. The minimum Gasteiger partial charge on any atom is -0.325 e. The molecule has 1 heterocycles. The van der Waals surface area contributed by atoms with Gasteiger partial charge in [-0.05, 0) is 36.4 Å². The zero-order valence-electron chi connectivity index (χ0n) is 15.0. The van der Waals surface area contributed by atoms with Crippen molar-refractivity contribution in [1.29, 1.82) is 5.26 Å². The summed E-state index contributed by atoms with van der Waals surface area (Å²) in [6.45, 7) is 0. The van der Waals surface area contributed by atoms with E-state index in [-0.39, 0.29) is 12.3 Å². The van der Waals surface area contributed by atoms with Crippen molar-refractivity contribution in [2.45, 2.75) is 11.4 Å². The fourth-order valence-corrected chi connectivity index (χ4v) is 3.86. The molecule has 0 saturated heterocycles. The average molecular weight is 463 g/mol. The lowest BCUT2D eigenvalue weighted by molar-refractivity contribution is -0.115. The van der Waals surface area contributed by atoms with Crippen LogP contribution < -0.4 is 5.32 Å². The number of anilines is 1. The first-order chi connectivity index (χ1) is 14.0. The molecule has 2 aromatic carbocycles. The molecule has 0 saturated carbocycles. The van der Waals surface area contributed by atoms with Crippen molar-refractivity contribution in [3.63, 3.8) is 0 Å². The van der Waals surface area contributed by atoms with Gasteiger partial charge in [0.25, 0.3) is 0 Å². The summed E-state index contributed by atoms with van der Waals surface area (Å²) in [5.41, 5.74) is 2.56. The van der Waals surface area contributed by atoms with Gasteiger partial charge >= 0.3 is 0 Å². The highest BCUT2D eigenvalue weighted by Gasteiger charge is 2.11. The molecule has 3 aromatic rings. The number of carbonyl (C=O) groups is 1. The second kappa shape index (κ2) is 10.00. The molecule has 0 fully saturated rings. The van der Waals surface area contributed by atoms with Crippen LogP contribution in [-0.4, -0.2) is 16.6 Å². The van der Waals surface area contributed by atoms with Crippen LogP contribution in [0.3, 0.4) is 0 Å². The summed E-state index contributed by atoms with van der Waals surface area (Å²) in [4.78, 5) is 16.8. The molecule has 0 aliphatic carbocycles. The molecule has 0 spiro atoms. The maximum absolute atomic E-state index is 12.2. The van der Waals surface area contributed by atoms with Gasteiger partial charge in [0.15, 0.2) is 0 Å². The van der Waals surface area contributed by atoms with Crippen LogP contribution >= 0.6 is 46.6 Å². The Kier molecular flexibility index (Phi) is 7.40. The van der Waals surface area contributed by atoms with Gasteiger partial charge in [0.05, 0.1) is 27.0 Å². The lowest BCUT2D eigenvalue weighted by atomic mass is 10.1. The highest BCUT2D eigenvalue weighted by atomic mass is 35.5. The Morgan fingerprint density at radius 3 is 2.55 bits per heavy atom. The summed E-state index contributed by atoms with van der Waals surface area (Å²) in [5.74, 6) is 0.254. The van der Waals surface area contributed by atoms with Crippen molar-refractivity contribution < 1.29 is 4.79 Å². The van der Waals surface area contributed by atoms with Gasteiger partial charge in [0.2, 0.25) is 5.91 Å². The van der Waals surface area contributed by atoms with Gasteiger partial charge in [-0.1, -0.05) is 53.0 Å². The minimum absolute atomic E-state index is 0.200. The van der Waals surface area contributed by atoms with Crippen molar-refractivity contribution in [3.05, 3.63) is 75.2 Å². The van der Waals surface area contributed by atoms with Crippen LogP contribution in [0.1, 0.15) is 12.0 Å². The molecule has 4 nitrogen and oxygen atoms in total. The topological polar surface area (TPSA) is 65.8 Å². The van der Waals surface area contributed by atoms with Crippen molar-refractivity contribution in [2.75, 3.05) is 11.1 Å². The Balaban J connectivity index is 1.66. The summed E-state index contributed by atoms with van der Waals surface area (Å²) in [5, 5.41) is 14.0. The molecule has 29 heavy (non-hydrogen) atoms. The molecule has 0 aliphatic heterocycles. The van der Waals surface area contributed by atoms with Crippen LogP contribution in [0.2, 0.25) is 15.1 Å². The Morgan fingerprint density at radius 1 is 1.07 bits per heavy atom. The Labute approximate surface area is 187 Å². The fourth-order valence-electron chi connectivity index (χ4n) is 2.47. The number of amides is 1. The van der Waals surface area contributed by atoms with Crippen molar-refractivity contribution in [3.8, 4) is 17.3 Å². The van der Waals surface area contributed by atoms with Crippen molar-refractivity contribution >= 4 is 58.2 Å². The number of pyridine rings is 1. The molecule has 1 amide bonds. The second-order valence-corrected chi connectivity index (χ2v) is 8.22. The van der Waals surface area contributed by atoms with Gasteiger partial charge in [-0.2, -0.15) is 5.26 Å². The Morgan fingerprint density at radius 2 is 1.83 bits per heavy atom. The maximum Gasteiger partial charge on any atom is 0.225 e. The third-order valence-electron chi connectivity index (χ3n) is 3.91. The quantitative estimate of drug-likeness (QED) is 0.414. The highest BCUT2D eigenvalue weighted by molar-refractivity contribution is 7.99. The van der Waals surface area contributed by atoms with Crippen LogP contribution in [0.4, 0.5) is 5.69 Å². The number of halogens is 3. The van der Waals surface area contributed by atoms with Gasteiger partial charge in [0.1, 0.15) is 11.1 Å². The third kappa shape index (κ3) is 5.65. The number of rotatable bonds is 6. The number of hydrogen-bond donors (Lipinski definition) is 1. The molecular weight excluding hydrogens is 449 g/mol. The van der Waals surface area contributed by atoms with E-state index >= 15 is 0 Å². The van der Waals surface area contributed by atoms with Crippen LogP contribution in [0.15, 0.2) is 59.6 Å². The molecule has 3 rings (SSSR count). The molecule has 0 aliphatic rings. The predicted molar refractivity (Wildman–Crippen MR) is 120 cm³/mol. The lowest BCUT2D eigenvalue weighted by Crippen LogP contribution is -2.12. The molecular formula is C21H14Cl3N3OS. The van der Waals surface area contributed by atoms with E-state index < -0.39 is 0 Å². The first kappa shape index (κ1) is 21.5. The van der Waals surface area contributed by atoms with Crippen LogP contribution in [0.25, 0.3) is 11.3 Å². The van der Waals surface area contributed by atoms with E-state index in [1.807, 2.05) is 12.1 Å². The maximum atomic E-state index is 12.2. The molecule has 146 valence electrons. The van der Waals surface area contributed by atoms with Gasteiger partial charge in [-0.3, -0.25) is 4.79 Å². The number of benzene rings is 2. The average Bonchev–Trinajstić information content (AvgIpc) is 2.72. The normalized spacial score (nSPS) is 10.4. The van der Waals surface area contributed by atoms with Gasteiger partial charge in [-0.15, -0.1) is 11.8 Å². The first-order valence-corrected chi connectivity index (χ1v) is 10.6. The number of carbonyl (C=O) groups excluding carboxylic acids is 1. The number of hydrogen-bond acceptors (Lipinski definition) is 4. The zero-order valence-corrected chi connectivity index (χ0v) is 18.0. The van der Waals surface area contributed by atoms with E-state index in [9.17, 15) is 10.1 Å². The number of thioether (sulfide) groups is 1. The van der Waals surface area contributed by atoms with Gasteiger partial charge in [-0.25, -0.2) is 4.98 Å². The van der Waals surface area contributed by atoms with E-state index in [0.717, 1.165) is 11.3 Å². The summed E-state index contributed by atoms with van der Waals surface area (Å²) < 4.78 is 0. The standard InChI is InChI=1S/C21H14Cl3N3OS/c22-15-7-4-13(5-8-15)17-9-6-14(12-25)21(27-17)29-11-10-19(28)26-18-3-1-2-16(23)20(18)24/h1-9H,10-11H2,(H,26,28). The van der Waals surface area contributed by atoms with E-state index in [1.165, 1.54) is 11.8 Å². The summed E-state index contributed by atoms with van der Waals surface area (Å²) in [7, 11) is 0. The molecule has 1 aromatic heterocycles. The Bertz CT molecular complexity index is 1080. The van der Waals surface area contributed by atoms with Gasteiger partial charge in [0, 0.05) is 22.8 Å². The lowest BCUT2D eigenvalue weighted by Gasteiger charge is -2.09. The van der Waals surface area contributed by atoms with Crippen molar-refractivity contribution in [2.24, 2.45) is 0 Å². The SMILES string of the molecule is N#Cc1ccc(-c2ccc(Cl)cc2)nc1SCCC(=O)Nc1cccc(Cl)c1Cl. The number of nitrogens with zero attached hydrogens (tertiary/aromatic N) is 2. The van der Waals surface area contributed by atoms with Crippen LogP contribution in [-0.2, 0) is 4.79 Å². The molecule has 0 atom stereocenters. The molecule has 0 unspecified atom stereocenters. The summed E-state index contributed by atoms with van der Waals surface area (Å²) in [6.07, 6.45) is 0.227.